The summed E-state index contributed by atoms with van der Waals surface area (Å²) in [5, 5.41) is 8.98. The third kappa shape index (κ3) is 3.74. The number of benzene rings is 1. The van der Waals surface area contributed by atoms with E-state index in [1.807, 2.05) is 50.2 Å². The van der Waals surface area contributed by atoms with Gasteiger partial charge in [-0.15, -0.1) is 0 Å². The Balaban J connectivity index is 2.81. The molecule has 0 radical (unpaired) electrons. The first-order chi connectivity index (χ1) is 8.60. The molecular formula is C14H22N2O2. The van der Waals surface area contributed by atoms with E-state index in [9.17, 15) is 4.79 Å². The number of amides is 1. The molecule has 18 heavy (non-hydrogen) atoms. The van der Waals surface area contributed by atoms with Crippen LogP contribution in [0.4, 0.5) is 5.69 Å². The lowest BCUT2D eigenvalue weighted by atomic mass is 10.1. The Morgan fingerprint density at radius 3 is 2.22 bits per heavy atom. The number of nitrogens with zero attached hydrogens (tertiary/aromatic N) is 2. The van der Waals surface area contributed by atoms with Gasteiger partial charge >= 0.3 is 0 Å². The second kappa shape index (κ2) is 7.01. The maximum Gasteiger partial charge on any atom is 0.253 e. The third-order valence-electron chi connectivity index (χ3n) is 2.78. The van der Waals surface area contributed by atoms with Crippen LogP contribution in [0.3, 0.4) is 0 Å². The third-order valence-corrected chi connectivity index (χ3v) is 2.78. The van der Waals surface area contributed by atoms with Gasteiger partial charge in [0.2, 0.25) is 0 Å². The number of anilines is 1. The van der Waals surface area contributed by atoms with Gasteiger partial charge < -0.3 is 14.9 Å². The molecule has 0 aliphatic carbocycles. The molecule has 1 N–H and O–H groups in total. The summed E-state index contributed by atoms with van der Waals surface area (Å²) in [5.41, 5.74) is 1.73. The minimum Gasteiger partial charge on any atom is -0.395 e. The highest BCUT2D eigenvalue weighted by Crippen LogP contribution is 2.13. The molecule has 1 aromatic rings. The summed E-state index contributed by atoms with van der Waals surface area (Å²) < 4.78 is 0. The van der Waals surface area contributed by atoms with Crippen molar-refractivity contribution in [2.45, 2.75) is 13.3 Å². The number of carbonyl (C=O) groups is 1. The van der Waals surface area contributed by atoms with Gasteiger partial charge in [0.15, 0.2) is 0 Å². The van der Waals surface area contributed by atoms with Crippen LogP contribution in [0.5, 0.6) is 0 Å². The van der Waals surface area contributed by atoms with Crippen LogP contribution in [0.2, 0.25) is 0 Å². The average molecular weight is 250 g/mol. The fourth-order valence-electron chi connectivity index (χ4n) is 1.79. The summed E-state index contributed by atoms with van der Waals surface area (Å²) in [6, 6.07) is 7.52. The highest BCUT2D eigenvalue weighted by Gasteiger charge is 2.14. The van der Waals surface area contributed by atoms with Crippen LogP contribution in [-0.2, 0) is 0 Å². The Hall–Kier alpha value is -1.55. The van der Waals surface area contributed by atoms with E-state index >= 15 is 0 Å². The Labute approximate surface area is 109 Å². The standard InChI is InChI=1S/C14H22N2O2/c1-4-9-16(10-11-17)14(18)12-5-7-13(8-6-12)15(2)3/h5-8,17H,4,9-11H2,1-3H3. The number of hydrogen-bond donors (Lipinski definition) is 1. The van der Waals surface area contributed by atoms with Crippen LogP contribution < -0.4 is 4.90 Å². The summed E-state index contributed by atoms with van der Waals surface area (Å²) in [4.78, 5) is 15.9. The van der Waals surface area contributed by atoms with Crippen molar-refractivity contribution in [3.8, 4) is 0 Å². The zero-order valence-corrected chi connectivity index (χ0v) is 11.4. The van der Waals surface area contributed by atoms with E-state index < -0.39 is 0 Å². The van der Waals surface area contributed by atoms with Crippen LogP contribution in [0.1, 0.15) is 23.7 Å². The summed E-state index contributed by atoms with van der Waals surface area (Å²) in [5.74, 6) is -0.0174. The lowest BCUT2D eigenvalue weighted by Gasteiger charge is -2.21. The van der Waals surface area contributed by atoms with Crippen LogP contribution in [-0.4, -0.2) is 49.7 Å². The van der Waals surface area contributed by atoms with Crippen LogP contribution in [0.15, 0.2) is 24.3 Å². The molecule has 1 aromatic carbocycles. The quantitative estimate of drug-likeness (QED) is 0.834. The molecule has 0 unspecified atom stereocenters. The number of hydrogen-bond acceptors (Lipinski definition) is 3. The van der Waals surface area contributed by atoms with Gasteiger partial charge in [0.05, 0.1) is 6.61 Å². The molecular weight excluding hydrogens is 228 g/mol. The predicted molar refractivity (Wildman–Crippen MR) is 74.0 cm³/mol. The van der Waals surface area contributed by atoms with E-state index in [0.717, 1.165) is 12.1 Å². The van der Waals surface area contributed by atoms with E-state index in [-0.39, 0.29) is 12.5 Å². The van der Waals surface area contributed by atoms with E-state index in [0.29, 0.717) is 18.7 Å². The van der Waals surface area contributed by atoms with Gasteiger partial charge in [-0.1, -0.05) is 6.92 Å². The van der Waals surface area contributed by atoms with Crippen LogP contribution in [0.25, 0.3) is 0 Å². The molecule has 0 heterocycles. The van der Waals surface area contributed by atoms with Gasteiger partial charge in [-0.2, -0.15) is 0 Å². The molecule has 0 bridgehead atoms. The normalized spacial score (nSPS) is 10.2. The minimum absolute atomic E-state index is 0.00151. The van der Waals surface area contributed by atoms with Crippen LogP contribution in [0, 0.1) is 0 Å². The molecule has 0 fully saturated rings. The molecule has 0 saturated heterocycles. The fraction of sp³-hybridized carbons (Fsp3) is 0.500. The summed E-state index contributed by atoms with van der Waals surface area (Å²) in [6.07, 6.45) is 0.890. The molecule has 0 spiro atoms. The number of aliphatic hydroxyl groups excluding tert-OH is 1. The maximum atomic E-state index is 12.2. The van der Waals surface area contributed by atoms with Crippen molar-refractivity contribution in [3.05, 3.63) is 29.8 Å². The van der Waals surface area contributed by atoms with Crippen molar-refractivity contribution >= 4 is 11.6 Å². The number of carbonyl (C=O) groups excluding carboxylic acids is 1. The SMILES string of the molecule is CCCN(CCO)C(=O)c1ccc(N(C)C)cc1. The molecule has 100 valence electrons. The fourth-order valence-corrected chi connectivity index (χ4v) is 1.79. The molecule has 4 nitrogen and oxygen atoms in total. The lowest BCUT2D eigenvalue weighted by Crippen LogP contribution is -2.34. The molecule has 1 rings (SSSR count). The molecule has 1 amide bonds. The van der Waals surface area contributed by atoms with Crippen molar-refractivity contribution in [3.63, 3.8) is 0 Å². The van der Waals surface area contributed by atoms with Gasteiger partial charge in [-0.05, 0) is 30.7 Å². The molecule has 0 atom stereocenters. The maximum absolute atomic E-state index is 12.2. The van der Waals surface area contributed by atoms with Gasteiger partial charge in [-0.3, -0.25) is 4.79 Å². The molecule has 0 saturated carbocycles. The smallest absolute Gasteiger partial charge is 0.253 e. The topological polar surface area (TPSA) is 43.8 Å². The van der Waals surface area contributed by atoms with Crippen molar-refractivity contribution in [2.24, 2.45) is 0 Å². The van der Waals surface area contributed by atoms with Gasteiger partial charge in [0.25, 0.3) is 5.91 Å². The highest BCUT2D eigenvalue weighted by molar-refractivity contribution is 5.94. The first-order valence-corrected chi connectivity index (χ1v) is 6.27. The van der Waals surface area contributed by atoms with Crippen molar-refractivity contribution < 1.29 is 9.90 Å². The first kappa shape index (κ1) is 14.5. The molecule has 0 aliphatic heterocycles. The predicted octanol–water partition coefficient (Wildman–Crippen LogP) is 1.60. The second-order valence-corrected chi connectivity index (χ2v) is 4.46. The van der Waals surface area contributed by atoms with Gasteiger partial charge in [0, 0.05) is 38.4 Å². The monoisotopic (exact) mass is 250 g/mol. The zero-order valence-electron chi connectivity index (χ0n) is 11.4. The Kier molecular flexibility index (Phi) is 5.65. The Morgan fingerprint density at radius 1 is 1.17 bits per heavy atom. The number of rotatable bonds is 6. The second-order valence-electron chi connectivity index (χ2n) is 4.46. The molecule has 0 aliphatic rings. The molecule has 4 heteroatoms. The van der Waals surface area contributed by atoms with Crippen molar-refractivity contribution in [2.75, 3.05) is 38.7 Å². The number of aliphatic hydroxyl groups is 1. The van der Waals surface area contributed by atoms with Gasteiger partial charge in [-0.25, -0.2) is 0 Å². The first-order valence-electron chi connectivity index (χ1n) is 6.27. The lowest BCUT2D eigenvalue weighted by molar-refractivity contribution is 0.0722. The van der Waals surface area contributed by atoms with Crippen LogP contribution >= 0.6 is 0 Å². The van der Waals surface area contributed by atoms with E-state index in [1.54, 1.807) is 4.90 Å². The van der Waals surface area contributed by atoms with Crippen molar-refractivity contribution in [1.29, 1.82) is 0 Å². The Morgan fingerprint density at radius 2 is 1.78 bits per heavy atom. The van der Waals surface area contributed by atoms with E-state index in [2.05, 4.69) is 0 Å². The van der Waals surface area contributed by atoms with Crippen molar-refractivity contribution in [1.82, 2.24) is 4.90 Å². The minimum atomic E-state index is -0.0174. The highest BCUT2D eigenvalue weighted by atomic mass is 16.3. The van der Waals surface area contributed by atoms with Gasteiger partial charge in [0.1, 0.15) is 0 Å². The average Bonchev–Trinajstić information content (AvgIpc) is 2.38. The zero-order chi connectivity index (χ0) is 13.5. The molecule has 0 aromatic heterocycles. The summed E-state index contributed by atoms with van der Waals surface area (Å²) in [6.45, 7) is 3.09. The summed E-state index contributed by atoms with van der Waals surface area (Å²) >= 11 is 0. The van der Waals surface area contributed by atoms with E-state index in [4.69, 9.17) is 5.11 Å². The largest absolute Gasteiger partial charge is 0.395 e. The van der Waals surface area contributed by atoms with E-state index in [1.165, 1.54) is 0 Å². The summed E-state index contributed by atoms with van der Waals surface area (Å²) in [7, 11) is 3.93. The Bertz CT molecular complexity index is 368.